The highest BCUT2D eigenvalue weighted by molar-refractivity contribution is 6.21. The smallest absolute Gasteiger partial charge is 0.146 e. The molecule has 0 N–H and O–H groups in total. The Morgan fingerprint density at radius 2 is 1.24 bits per heavy atom. The molecule has 100 valence electrons. The van der Waals surface area contributed by atoms with Crippen molar-refractivity contribution in [2.75, 3.05) is 20.0 Å². The standard InChI is InChI=1S/C13H22Cl2O2/c14-12-5-1-3-10(12)7-16-9-17-8-11-4-2-6-13(11)15/h10-13H,1-9H2. The van der Waals surface area contributed by atoms with Gasteiger partial charge >= 0.3 is 0 Å². The minimum atomic E-state index is 0.303. The zero-order valence-electron chi connectivity index (χ0n) is 10.2. The van der Waals surface area contributed by atoms with Crippen molar-refractivity contribution in [3.63, 3.8) is 0 Å². The lowest BCUT2D eigenvalue weighted by Gasteiger charge is -2.16. The van der Waals surface area contributed by atoms with Crippen molar-refractivity contribution in [3.8, 4) is 0 Å². The zero-order valence-corrected chi connectivity index (χ0v) is 11.8. The molecule has 17 heavy (non-hydrogen) atoms. The number of rotatable bonds is 6. The lowest BCUT2D eigenvalue weighted by atomic mass is 10.1. The van der Waals surface area contributed by atoms with Gasteiger partial charge in [0.2, 0.25) is 0 Å². The normalized spacial score (nSPS) is 37.8. The summed E-state index contributed by atoms with van der Waals surface area (Å²) in [7, 11) is 0. The first kappa shape index (κ1) is 13.9. The predicted molar refractivity (Wildman–Crippen MR) is 70.7 cm³/mol. The van der Waals surface area contributed by atoms with Gasteiger partial charge in [-0.15, -0.1) is 23.2 Å². The fraction of sp³-hybridized carbons (Fsp3) is 1.00. The Kier molecular flexibility index (Phi) is 5.88. The molecule has 2 aliphatic rings. The van der Waals surface area contributed by atoms with Crippen molar-refractivity contribution in [1.29, 1.82) is 0 Å². The first-order valence-corrected chi connectivity index (χ1v) is 7.58. The van der Waals surface area contributed by atoms with Gasteiger partial charge in [-0.3, -0.25) is 0 Å². The summed E-state index contributed by atoms with van der Waals surface area (Å²) < 4.78 is 11.1. The van der Waals surface area contributed by atoms with E-state index in [1.807, 2.05) is 0 Å². The summed E-state index contributed by atoms with van der Waals surface area (Å²) in [6.07, 6.45) is 7.12. The van der Waals surface area contributed by atoms with Crippen molar-refractivity contribution in [1.82, 2.24) is 0 Å². The summed E-state index contributed by atoms with van der Waals surface area (Å²) in [4.78, 5) is 0. The average molecular weight is 281 g/mol. The van der Waals surface area contributed by atoms with Crippen molar-refractivity contribution < 1.29 is 9.47 Å². The molecule has 2 aliphatic carbocycles. The van der Waals surface area contributed by atoms with Crippen LogP contribution in [0.2, 0.25) is 0 Å². The fourth-order valence-electron chi connectivity index (χ4n) is 2.82. The minimum Gasteiger partial charge on any atom is -0.355 e. The molecule has 0 aromatic rings. The molecular weight excluding hydrogens is 259 g/mol. The monoisotopic (exact) mass is 280 g/mol. The molecule has 0 amide bonds. The van der Waals surface area contributed by atoms with Crippen molar-refractivity contribution in [2.24, 2.45) is 11.8 Å². The minimum absolute atomic E-state index is 0.303. The van der Waals surface area contributed by atoms with Gasteiger partial charge < -0.3 is 9.47 Å². The molecule has 2 fully saturated rings. The van der Waals surface area contributed by atoms with E-state index in [4.69, 9.17) is 32.7 Å². The number of ether oxygens (including phenoxy) is 2. The maximum atomic E-state index is 6.18. The molecule has 0 saturated heterocycles. The number of hydrogen-bond donors (Lipinski definition) is 0. The van der Waals surface area contributed by atoms with Crippen LogP contribution in [0.1, 0.15) is 38.5 Å². The summed E-state index contributed by atoms with van der Waals surface area (Å²) in [6.45, 7) is 1.87. The first-order valence-electron chi connectivity index (χ1n) is 6.71. The van der Waals surface area contributed by atoms with Crippen molar-refractivity contribution in [3.05, 3.63) is 0 Å². The molecule has 0 spiro atoms. The van der Waals surface area contributed by atoms with E-state index in [-0.39, 0.29) is 0 Å². The third kappa shape index (κ3) is 4.27. The molecule has 4 unspecified atom stereocenters. The van der Waals surface area contributed by atoms with Crippen molar-refractivity contribution >= 4 is 23.2 Å². The van der Waals surface area contributed by atoms with Crippen LogP contribution >= 0.6 is 23.2 Å². The Balaban J connectivity index is 1.49. The third-order valence-electron chi connectivity index (χ3n) is 3.96. The van der Waals surface area contributed by atoms with Crippen LogP contribution < -0.4 is 0 Å². The maximum absolute atomic E-state index is 6.18. The Morgan fingerprint density at radius 1 is 0.765 bits per heavy atom. The molecular formula is C13H22Cl2O2. The molecule has 0 aromatic heterocycles. The largest absolute Gasteiger partial charge is 0.355 e. The highest BCUT2D eigenvalue weighted by Crippen LogP contribution is 2.31. The maximum Gasteiger partial charge on any atom is 0.146 e. The molecule has 0 radical (unpaired) electrons. The van der Waals surface area contributed by atoms with Gasteiger partial charge in [0.15, 0.2) is 0 Å². The Labute approximate surface area is 114 Å². The second-order valence-corrected chi connectivity index (χ2v) is 6.39. The van der Waals surface area contributed by atoms with E-state index in [0.717, 1.165) is 26.1 Å². The van der Waals surface area contributed by atoms with Crippen LogP contribution in [-0.4, -0.2) is 30.8 Å². The fourth-order valence-corrected chi connectivity index (χ4v) is 3.52. The van der Waals surface area contributed by atoms with E-state index in [1.165, 1.54) is 25.7 Å². The molecule has 4 atom stereocenters. The quantitative estimate of drug-likeness (QED) is 0.419. The molecule has 0 bridgehead atoms. The zero-order chi connectivity index (χ0) is 12.1. The molecule has 2 nitrogen and oxygen atoms in total. The van der Waals surface area contributed by atoms with Gasteiger partial charge in [-0.1, -0.05) is 12.8 Å². The summed E-state index contributed by atoms with van der Waals surface area (Å²) >= 11 is 12.4. The summed E-state index contributed by atoms with van der Waals surface area (Å²) in [5.41, 5.74) is 0. The summed E-state index contributed by atoms with van der Waals surface area (Å²) in [5, 5.41) is 0.606. The van der Waals surface area contributed by atoms with Gasteiger partial charge in [-0.05, 0) is 37.5 Å². The van der Waals surface area contributed by atoms with Gasteiger partial charge in [0.05, 0.1) is 13.2 Å². The molecule has 4 heteroatoms. The van der Waals surface area contributed by atoms with Gasteiger partial charge in [-0.2, -0.15) is 0 Å². The number of alkyl halides is 2. The SMILES string of the molecule is ClC1CCCC1COCOCC1CCCC1Cl. The van der Waals surface area contributed by atoms with Crippen LogP contribution in [-0.2, 0) is 9.47 Å². The van der Waals surface area contributed by atoms with E-state index >= 15 is 0 Å². The van der Waals surface area contributed by atoms with Crippen LogP contribution in [0.3, 0.4) is 0 Å². The Morgan fingerprint density at radius 3 is 1.59 bits per heavy atom. The third-order valence-corrected chi connectivity index (χ3v) is 5.11. The molecule has 0 heterocycles. The number of hydrogen-bond acceptors (Lipinski definition) is 2. The summed E-state index contributed by atoms with van der Waals surface area (Å²) in [6, 6.07) is 0. The van der Waals surface area contributed by atoms with E-state index in [1.54, 1.807) is 0 Å². The first-order chi connectivity index (χ1) is 8.27. The van der Waals surface area contributed by atoms with Gasteiger partial charge in [-0.25, -0.2) is 0 Å². The van der Waals surface area contributed by atoms with Crippen LogP contribution in [0.4, 0.5) is 0 Å². The predicted octanol–water partition coefficient (Wildman–Crippen LogP) is 3.79. The number of halogens is 2. The lowest BCUT2D eigenvalue weighted by molar-refractivity contribution is -0.0724. The van der Waals surface area contributed by atoms with E-state index in [9.17, 15) is 0 Å². The molecule has 0 aliphatic heterocycles. The topological polar surface area (TPSA) is 18.5 Å². The van der Waals surface area contributed by atoms with Gasteiger partial charge in [0, 0.05) is 10.8 Å². The Hall–Kier alpha value is 0.500. The summed E-state index contributed by atoms with van der Waals surface area (Å²) in [5.74, 6) is 1.04. The lowest BCUT2D eigenvalue weighted by Crippen LogP contribution is -2.19. The average Bonchev–Trinajstić information content (AvgIpc) is 2.89. The van der Waals surface area contributed by atoms with Crippen LogP contribution in [0, 0.1) is 11.8 Å². The van der Waals surface area contributed by atoms with Gasteiger partial charge in [0.1, 0.15) is 6.79 Å². The van der Waals surface area contributed by atoms with E-state index in [2.05, 4.69) is 0 Å². The van der Waals surface area contributed by atoms with Crippen LogP contribution in [0.25, 0.3) is 0 Å². The van der Waals surface area contributed by atoms with Crippen LogP contribution in [0.15, 0.2) is 0 Å². The molecule has 2 rings (SSSR count). The van der Waals surface area contributed by atoms with Crippen LogP contribution in [0.5, 0.6) is 0 Å². The Bertz CT molecular complexity index is 203. The van der Waals surface area contributed by atoms with E-state index in [0.29, 0.717) is 29.4 Å². The highest BCUT2D eigenvalue weighted by Gasteiger charge is 2.26. The molecule has 2 saturated carbocycles. The molecule has 0 aromatic carbocycles. The second-order valence-electron chi connectivity index (χ2n) is 5.27. The van der Waals surface area contributed by atoms with Gasteiger partial charge in [0.25, 0.3) is 0 Å². The second kappa shape index (κ2) is 7.18. The van der Waals surface area contributed by atoms with E-state index < -0.39 is 0 Å². The van der Waals surface area contributed by atoms with Crippen molar-refractivity contribution in [2.45, 2.75) is 49.3 Å². The highest BCUT2D eigenvalue weighted by atomic mass is 35.5.